The van der Waals surface area contributed by atoms with Gasteiger partial charge in [0.1, 0.15) is 11.4 Å². The molecule has 154 valence electrons. The third-order valence-electron chi connectivity index (χ3n) is 6.80. The molecular weight excluding hydrogens is 376 g/mol. The van der Waals surface area contributed by atoms with E-state index in [0.29, 0.717) is 18.8 Å². The number of methoxy groups -OCH3 is 1. The highest BCUT2D eigenvalue weighted by Gasteiger charge is 2.46. The quantitative estimate of drug-likeness (QED) is 0.729. The van der Waals surface area contributed by atoms with Gasteiger partial charge in [-0.05, 0) is 54.0 Å². The second-order valence-electron chi connectivity index (χ2n) is 8.34. The molecule has 2 aliphatic rings. The van der Waals surface area contributed by atoms with Gasteiger partial charge in [0.25, 0.3) is 5.91 Å². The van der Waals surface area contributed by atoms with Crippen LogP contribution in [0.3, 0.4) is 0 Å². The Morgan fingerprint density at radius 3 is 2.70 bits per heavy atom. The Hall–Kier alpha value is -3.12. The Labute approximate surface area is 176 Å². The predicted molar refractivity (Wildman–Crippen MR) is 115 cm³/mol. The van der Waals surface area contributed by atoms with Crippen molar-refractivity contribution in [2.45, 2.75) is 25.3 Å². The van der Waals surface area contributed by atoms with Crippen LogP contribution in [0.4, 0.5) is 0 Å². The number of piperidine rings is 1. The van der Waals surface area contributed by atoms with Crippen molar-refractivity contribution in [3.8, 4) is 11.4 Å². The van der Waals surface area contributed by atoms with Crippen LogP contribution in [0.1, 0.15) is 40.5 Å². The topological polar surface area (TPSA) is 73.4 Å². The van der Waals surface area contributed by atoms with Gasteiger partial charge in [-0.3, -0.25) is 4.79 Å². The molecule has 6 heteroatoms. The fourth-order valence-electron chi connectivity index (χ4n) is 5.04. The highest BCUT2D eigenvalue weighted by molar-refractivity contribution is 5.93. The summed E-state index contributed by atoms with van der Waals surface area (Å²) < 4.78 is 7.00. The molecule has 3 aromatic rings. The van der Waals surface area contributed by atoms with Crippen LogP contribution in [0.25, 0.3) is 5.69 Å². The third kappa shape index (κ3) is 2.99. The normalized spacial score (nSPS) is 19.7. The summed E-state index contributed by atoms with van der Waals surface area (Å²) in [5.41, 5.74) is 10.7. The van der Waals surface area contributed by atoms with Crippen molar-refractivity contribution in [1.29, 1.82) is 0 Å². The number of nitrogens with two attached hydrogens (primary N) is 1. The lowest BCUT2D eigenvalue weighted by Gasteiger charge is -2.42. The van der Waals surface area contributed by atoms with Crippen molar-refractivity contribution >= 4 is 5.91 Å². The first-order valence-electron chi connectivity index (χ1n) is 10.4. The summed E-state index contributed by atoms with van der Waals surface area (Å²) in [6.07, 6.45) is 4.51. The highest BCUT2D eigenvalue weighted by Crippen LogP contribution is 2.50. The molecule has 1 aliphatic heterocycles. The molecule has 2 heterocycles. The molecule has 2 N–H and O–H groups in total. The molecule has 30 heavy (non-hydrogen) atoms. The average molecular weight is 402 g/mol. The van der Waals surface area contributed by atoms with Crippen LogP contribution >= 0.6 is 0 Å². The van der Waals surface area contributed by atoms with E-state index in [4.69, 9.17) is 10.5 Å². The first kappa shape index (κ1) is 18.9. The van der Waals surface area contributed by atoms with Crippen molar-refractivity contribution in [2.24, 2.45) is 11.1 Å². The lowest BCUT2D eigenvalue weighted by molar-refractivity contribution is 0.0533. The molecule has 1 spiro atoms. The summed E-state index contributed by atoms with van der Waals surface area (Å²) >= 11 is 0. The number of amides is 1. The van der Waals surface area contributed by atoms with Gasteiger partial charge in [0.05, 0.1) is 19.0 Å². The van der Waals surface area contributed by atoms with Gasteiger partial charge in [-0.25, -0.2) is 4.68 Å². The van der Waals surface area contributed by atoms with E-state index < -0.39 is 0 Å². The number of hydrogen-bond donors (Lipinski definition) is 1. The predicted octanol–water partition coefficient (Wildman–Crippen LogP) is 3.36. The Kier molecular flexibility index (Phi) is 4.59. The van der Waals surface area contributed by atoms with Crippen molar-refractivity contribution in [1.82, 2.24) is 14.7 Å². The number of carbonyl (C=O) groups is 1. The minimum absolute atomic E-state index is 0.00857. The first-order valence-corrected chi connectivity index (χ1v) is 10.4. The SMILES string of the molecule is COc1cccc(-n2nccc2C(=O)N2CCC3(CC2)Cc2ccccc2[C@H]3N)c1. The third-order valence-corrected chi connectivity index (χ3v) is 6.80. The monoisotopic (exact) mass is 402 g/mol. The van der Waals surface area contributed by atoms with Gasteiger partial charge in [0.2, 0.25) is 0 Å². The second-order valence-corrected chi connectivity index (χ2v) is 8.34. The number of hydrogen-bond acceptors (Lipinski definition) is 4. The zero-order valence-corrected chi connectivity index (χ0v) is 17.1. The van der Waals surface area contributed by atoms with Crippen LogP contribution in [0.15, 0.2) is 60.8 Å². The van der Waals surface area contributed by atoms with E-state index in [2.05, 4.69) is 29.4 Å². The Balaban J connectivity index is 1.34. The standard InChI is InChI=1S/C24H26N4O2/c1-30-19-7-4-6-18(15-19)28-21(9-12-26-28)23(29)27-13-10-24(11-14-27)16-17-5-2-3-8-20(17)22(24)25/h2-9,12,15,22H,10-11,13-14,16,25H2,1H3/t22-/m1/s1. The number of ether oxygens (including phenoxy) is 1. The smallest absolute Gasteiger partial charge is 0.272 e. The highest BCUT2D eigenvalue weighted by atomic mass is 16.5. The van der Waals surface area contributed by atoms with E-state index in [1.165, 1.54) is 11.1 Å². The molecule has 0 saturated carbocycles. The Morgan fingerprint density at radius 2 is 1.93 bits per heavy atom. The van der Waals surface area contributed by atoms with E-state index in [-0.39, 0.29) is 17.4 Å². The van der Waals surface area contributed by atoms with Crippen molar-refractivity contribution in [3.05, 3.63) is 77.6 Å². The van der Waals surface area contributed by atoms with Gasteiger partial charge >= 0.3 is 0 Å². The Morgan fingerprint density at radius 1 is 1.13 bits per heavy atom. The van der Waals surface area contributed by atoms with E-state index >= 15 is 0 Å². The largest absolute Gasteiger partial charge is 0.497 e. The molecule has 0 bridgehead atoms. The maximum absolute atomic E-state index is 13.3. The molecule has 5 rings (SSSR count). The lowest BCUT2D eigenvalue weighted by atomic mass is 9.73. The number of benzene rings is 2. The zero-order chi connectivity index (χ0) is 20.7. The molecule has 1 fully saturated rings. The molecule has 1 aliphatic carbocycles. The van der Waals surface area contributed by atoms with Crippen LogP contribution < -0.4 is 10.5 Å². The summed E-state index contributed by atoms with van der Waals surface area (Å²) in [4.78, 5) is 15.3. The summed E-state index contributed by atoms with van der Waals surface area (Å²) in [6, 6.07) is 17.9. The van der Waals surface area contributed by atoms with Crippen LogP contribution in [-0.2, 0) is 6.42 Å². The van der Waals surface area contributed by atoms with Crippen LogP contribution in [0.5, 0.6) is 5.75 Å². The van der Waals surface area contributed by atoms with Crippen LogP contribution in [-0.4, -0.2) is 40.8 Å². The molecule has 0 unspecified atom stereocenters. The number of nitrogens with zero attached hydrogens (tertiary/aromatic N) is 3. The maximum atomic E-state index is 13.3. The molecule has 0 radical (unpaired) electrons. The number of likely N-dealkylation sites (tertiary alicyclic amines) is 1. The van der Waals surface area contributed by atoms with E-state index in [1.54, 1.807) is 24.1 Å². The van der Waals surface area contributed by atoms with Crippen molar-refractivity contribution < 1.29 is 9.53 Å². The minimum Gasteiger partial charge on any atom is -0.497 e. The second kappa shape index (κ2) is 7.29. The van der Waals surface area contributed by atoms with Gasteiger partial charge in [-0.2, -0.15) is 5.10 Å². The van der Waals surface area contributed by atoms with Gasteiger partial charge in [-0.1, -0.05) is 30.3 Å². The van der Waals surface area contributed by atoms with Gasteiger partial charge in [-0.15, -0.1) is 0 Å². The molecule has 1 atom stereocenters. The summed E-state index contributed by atoms with van der Waals surface area (Å²) in [5.74, 6) is 0.741. The summed E-state index contributed by atoms with van der Waals surface area (Å²) in [6.45, 7) is 1.42. The molecule has 1 amide bonds. The Bertz CT molecular complexity index is 1080. The van der Waals surface area contributed by atoms with E-state index in [9.17, 15) is 4.79 Å². The van der Waals surface area contributed by atoms with Gasteiger partial charge in [0.15, 0.2) is 0 Å². The molecule has 1 aromatic heterocycles. The fraction of sp³-hybridized carbons (Fsp3) is 0.333. The summed E-state index contributed by atoms with van der Waals surface area (Å²) in [5, 5.41) is 4.38. The molecule has 2 aromatic carbocycles. The number of carbonyl (C=O) groups excluding carboxylic acids is 1. The fourth-order valence-corrected chi connectivity index (χ4v) is 5.04. The van der Waals surface area contributed by atoms with E-state index in [0.717, 1.165) is 30.7 Å². The van der Waals surface area contributed by atoms with Crippen molar-refractivity contribution in [3.63, 3.8) is 0 Å². The summed E-state index contributed by atoms with van der Waals surface area (Å²) in [7, 11) is 1.63. The number of rotatable bonds is 3. The minimum atomic E-state index is 0.00857. The van der Waals surface area contributed by atoms with Crippen LogP contribution in [0, 0.1) is 5.41 Å². The van der Waals surface area contributed by atoms with Gasteiger partial charge in [0, 0.05) is 25.2 Å². The van der Waals surface area contributed by atoms with Gasteiger partial charge < -0.3 is 15.4 Å². The molecular formula is C24H26N4O2. The van der Waals surface area contributed by atoms with E-state index in [1.807, 2.05) is 29.2 Å². The number of aromatic nitrogens is 2. The zero-order valence-electron chi connectivity index (χ0n) is 17.1. The molecule has 6 nitrogen and oxygen atoms in total. The van der Waals surface area contributed by atoms with Crippen LogP contribution in [0.2, 0.25) is 0 Å². The van der Waals surface area contributed by atoms with Crippen molar-refractivity contribution in [2.75, 3.05) is 20.2 Å². The number of fused-ring (bicyclic) bond motifs is 1. The lowest BCUT2D eigenvalue weighted by Crippen LogP contribution is -2.46. The average Bonchev–Trinajstić information content (AvgIpc) is 3.38. The molecule has 1 saturated heterocycles. The first-order chi connectivity index (χ1) is 14.6. The maximum Gasteiger partial charge on any atom is 0.272 e.